The van der Waals surface area contributed by atoms with Crippen LogP contribution in [0.25, 0.3) is 11.0 Å². The molecule has 1 atom stereocenters. The van der Waals surface area contributed by atoms with E-state index in [2.05, 4.69) is 14.8 Å². The number of methoxy groups -OCH3 is 1. The monoisotopic (exact) mass is 389 g/mol. The molecule has 3 N–H and O–H groups in total. The van der Waals surface area contributed by atoms with Gasteiger partial charge in [0.05, 0.1) is 29.5 Å². The molecule has 0 unspecified atom stereocenters. The van der Waals surface area contributed by atoms with Crippen LogP contribution in [-0.2, 0) is 16.0 Å². The Kier molecular flexibility index (Phi) is 5.69. The van der Waals surface area contributed by atoms with Gasteiger partial charge < -0.3 is 30.0 Å². The number of aromatic nitrogens is 2. The molecule has 1 aliphatic heterocycles. The average molecular weight is 390 g/mol. The van der Waals surface area contributed by atoms with Crippen molar-refractivity contribution >= 4 is 28.5 Å². The van der Waals surface area contributed by atoms with Crippen molar-refractivity contribution in [3.63, 3.8) is 0 Å². The summed E-state index contributed by atoms with van der Waals surface area (Å²) in [5, 5.41) is 2.96. The fourth-order valence-electron chi connectivity index (χ4n) is 3.66. The van der Waals surface area contributed by atoms with Gasteiger partial charge in [0, 0.05) is 26.7 Å². The number of hydrogen-bond donors (Lipinski definition) is 2. The van der Waals surface area contributed by atoms with Crippen LogP contribution in [0.1, 0.15) is 33.0 Å². The zero-order valence-electron chi connectivity index (χ0n) is 17.4. The summed E-state index contributed by atoms with van der Waals surface area (Å²) in [4.78, 5) is 19.1. The second-order valence-electron chi connectivity index (χ2n) is 8.25. The number of benzene rings is 1. The molecule has 1 amide bonds. The van der Waals surface area contributed by atoms with Gasteiger partial charge in [-0.15, -0.1) is 0 Å². The van der Waals surface area contributed by atoms with Crippen LogP contribution in [0.3, 0.4) is 0 Å². The van der Waals surface area contributed by atoms with Gasteiger partial charge >= 0.3 is 6.09 Å². The zero-order chi connectivity index (χ0) is 20.5. The van der Waals surface area contributed by atoms with Crippen LogP contribution < -0.4 is 16.0 Å². The summed E-state index contributed by atoms with van der Waals surface area (Å²) in [6.45, 7) is 10.4. The molecule has 154 valence electrons. The second-order valence-corrected chi connectivity index (χ2v) is 8.25. The molecule has 8 nitrogen and oxygen atoms in total. The molecule has 0 spiro atoms. The number of amides is 1. The number of nitrogens with zero attached hydrogens (tertiary/aromatic N) is 3. The molecule has 0 radical (unpaired) electrons. The Labute approximate surface area is 166 Å². The molecular formula is C20H31N5O3. The maximum atomic E-state index is 12.1. The summed E-state index contributed by atoms with van der Waals surface area (Å²) in [5.41, 5.74) is 9.39. The highest BCUT2D eigenvalue weighted by Gasteiger charge is 2.29. The van der Waals surface area contributed by atoms with Crippen molar-refractivity contribution in [1.82, 2.24) is 14.9 Å². The summed E-state index contributed by atoms with van der Waals surface area (Å²) >= 11 is 0. The number of rotatable bonds is 5. The fourth-order valence-corrected chi connectivity index (χ4v) is 3.66. The van der Waals surface area contributed by atoms with Crippen molar-refractivity contribution in [2.75, 3.05) is 37.4 Å². The molecule has 1 fully saturated rings. The quantitative estimate of drug-likeness (QED) is 0.764. The zero-order valence-corrected chi connectivity index (χ0v) is 17.4. The molecule has 2 heterocycles. The number of ether oxygens (including phenoxy) is 2. The van der Waals surface area contributed by atoms with Gasteiger partial charge in [-0.05, 0) is 46.2 Å². The summed E-state index contributed by atoms with van der Waals surface area (Å²) in [6, 6.07) is 3.95. The lowest BCUT2D eigenvalue weighted by atomic mass is 10.2. The van der Waals surface area contributed by atoms with Crippen molar-refractivity contribution in [3.8, 4) is 0 Å². The van der Waals surface area contributed by atoms with Gasteiger partial charge in [-0.25, -0.2) is 9.78 Å². The second kappa shape index (κ2) is 7.87. The Bertz CT molecular complexity index is 856. The number of fused-ring (bicyclic) bond motifs is 1. The Balaban J connectivity index is 1.80. The van der Waals surface area contributed by atoms with Crippen molar-refractivity contribution in [1.29, 1.82) is 0 Å². The molecule has 1 aromatic heterocycles. The highest BCUT2D eigenvalue weighted by Crippen LogP contribution is 2.35. The Hall–Kier alpha value is -2.48. The van der Waals surface area contributed by atoms with E-state index in [1.165, 1.54) is 0 Å². The Morgan fingerprint density at radius 1 is 1.39 bits per heavy atom. The molecule has 0 bridgehead atoms. The number of anilines is 2. The molecule has 0 aliphatic carbocycles. The van der Waals surface area contributed by atoms with Crippen molar-refractivity contribution in [2.45, 2.75) is 52.3 Å². The van der Waals surface area contributed by atoms with Crippen LogP contribution in [0, 0.1) is 6.92 Å². The van der Waals surface area contributed by atoms with Gasteiger partial charge in [0.25, 0.3) is 0 Å². The largest absolute Gasteiger partial charge is 0.444 e. The predicted molar refractivity (Wildman–Crippen MR) is 111 cm³/mol. The van der Waals surface area contributed by atoms with E-state index in [9.17, 15) is 4.79 Å². The molecule has 3 rings (SSSR count). The van der Waals surface area contributed by atoms with Crippen molar-refractivity contribution < 1.29 is 14.3 Å². The van der Waals surface area contributed by atoms with Gasteiger partial charge in [0.15, 0.2) is 0 Å². The number of nitrogen functional groups attached to an aromatic ring is 1. The first-order valence-electron chi connectivity index (χ1n) is 9.68. The first-order valence-corrected chi connectivity index (χ1v) is 9.68. The lowest BCUT2D eigenvalue weighted by molar-refractivity contribution is 0.0509. The van der Waals surface area contributed by atoms with Crippen LogP contribution in [-0.4, -0.2) is 54.1 Å². The minimum atomic E-state index is -0.509. The predicted octanol–water partition coefficient (Wildman–Crippen LogP) is 2.68. The standard InChI is InChI=1S/C20H31N5O3/c1-13-22-17-16(25(13)10-11-27-5)7-6-15(21)18(17)24-9-8-14(12-24)23-19(26)28-20(2,3)4/h6-7,14H,8-12,21H2,1-5H3,(H,23,26)/t14-/m0/s1. The third-order valence-electron chi connectivity index (χ3n) is 4.86. The number of nitrogens with one attached hydrogen (secondary N) is 1. The lowest BCUT2D eigenvalue weighted by Gasteiger charge is -2.23. The van der Waals surface area contributed by atoms with E-state index in [-0.39, 0.29) is 12.1 Å². The molecule has 1 aliphatic rings. The first kappa shape index (κ1) is 20.3. The van der Waals surface area contributed by atoms with Crippen LogP contribution in [0.15, 0.2) is 12.1 Å². The smallest absolute Gasteiger partial charge is 0.407 e. The third-order valence-corrected chi connectivity index (χ3v) is 4.86. The van der Waals surface area contributed by atoms with Crippen LogP contribution >= 0.6 is 0 Å². The van der Waals surface area contributed by atoms with E-state index in [0.717, 1.165) is 42.1 Å². The van der Waals surface area contributed by atoms with Crippen molar-refractivity contribution in [3.05, 3.63) is 18.0 Å². The number of imidazole rings is 1. The van der Waals surface area contributed by atoms with E-state index in [0.29, 0.717) is 18.8 Å². The Morgan fingerprint density at radius 2 is 2.14 bits per heavy atom. The van der Waals surface area contributed by atoms with Gasteiger partial charge in [0.1, 0.15) is 16.9 Å². The molecule has 0 saturated carbocycles. The summed E-state index contributed by atoms with van der Waals surface area (Å²) in [7, 11) is 1.69. The van der Waals surface area contributed by atoms with Crippen molar-refractivity contribution in [2.24, 2.45) is 0 Å². The molecule has 1 aromatic carbocycles. The van der Waals surface area contributed by atoms with E-state index in [1.54, 1.807) is 7.11 Å². The highest BCUT2D eigenvalue weighted by atomic mass is 16.6. The van der Waals surface area contributed by atoms with Crippen LogP contribution in [0.4, 0.5) is 16.2 Å². The molecule has 28 heavy (non-hydrogen) atoms. The van der Waals surface area contributed by atoms with Crippen LogP contribution in [0.2, 0.25) is 0 Å². The number of carbonyl (C=O) groups is 1. The number of nitrogens with two attached hydrogens (primary N) is 1. The van der Waals surface area contributed by atoms with Gasteiger partial charge in [-0.2, -0.15) is 0 Å². The number of carbonyl (C=O) groups excluding carboxylic acids is 1. The van der Waals surface area contributed by atoms with E-state index in [4.69, 9.17) is 20.2 Å². The normalized spacial score (nSPS) is 17.3. The van der Waals surface area contributed by atoms with E-state index < -0.39 is 5.60 Å². The molecule has 8 heteroatoms. The maximum Gasteiger partial charge on any atom is 0.407 e. The SMILES string of the molecule is COCCn1c(C)nc2c(N3CC[C@H](NC(=O)OC(C)(C)C)C3)c(N)ccc21. The van der Waals surface area contributed by atoms with E-state index in [1.807, 2.05) is 39.8 Å². The fraction of sp³-hybridized carbons (Fsp3) is 0.600. The minimum Gasteiger partial charge on any atom is -0.444 e. The van der Waals surface area contributed by atoms with Gasteiger partial charge in [-0.1, -0.05) is 0 Å². The highest BCUT2D eigenvalue weighted by molar-refractivity contribution is 5.96. The summed E-state index contributed by atoms with van der Waals surface area (Å²) in [5.74, 6) is 0.932. The van der Waals surface area contributed by atoms with E-state index >= 15 is 0 Å². The summed E-state index contributed by atoms with van der Waals surface area (Å²) < 4.78 is 12.7. The minimum absolute atomic E-state index is 0.0150. The maximum absolute atomic E-state index is 12.1. The summed E-state index contributed by atoms with van der Waals surface area (Å²) in [6.07, 6.45) is 0.448. The topological polar surface area (TPSA) is 94.6 Å². The third kappa shape index (κ3) is 4.32. The Morgan fingerprint density at radius 3 is 2.82 bits per heavy atom. The van der Waals surface area contributed by atoms with Gasteiger partial charge in [0.2, 0.25) is 0 Å². The number of alkyl carbamates (subject to hydrolysis) is 1. The molecular weight excluding hydrogens is 358 g/mol. The number of hydrogen-bond acceptors (Lipinski definition) is 6. The molecule has 1 saturated heterocycles. The first-order chi connectivity index (χ1) is 13.2. The molecule has 2 aromatic rings. The lowest BCUT2D eigenvalue weighted by Crippen LogP contribution is -2.40. The average Bonchev–Trinajstić information content (AvgIpc) is 3.15. The van der Waals surface area contributed by atoms with Gasteiger partial charge in [-0.3, -0.25) is 0 Å². The number of aryl methyl sites for hydroxylation is 1. The van der Waals surface area contributed by atoms with Crippen LogP contribution in [0.5, 0.6) is 0 Å².